The molecular formula is C21H34N2O4. The highest BCUT2D eigenvalue weighted by Crippen LogP contribution is 2.16. The van der Waals surface area contributed by atoms with E-state index >= 15 is 0 Å². The van der Waals surface area contributed by atoms with Crippen molar-refractivity contribution in [1.82, 2.24) is 9.80 Å². The lowest BCUT2D eigenvalue weighted by molar-refractivity contribution is -0.142. The van der Waals surface area contributed by atoms with Crippen molar-refractivity contribution >= 4 is 11.8 Å². The number of nitrogens with zero attached hydrogens (tertiary/aromatic N) is 2. The fourth-order valence-corrected chi connectivity index (χ4v) is 3.32. The monoisotopic (exact) mass is 378 g/mol. The van der Waals surface area contributed by atoms with E-state index in [1.165, 1.54) is 0 Å². The van der Waals surface area contributed by atoms with Crippen LogP contribution in [0.15, 0.2) is 22.8 Å². The maximum absolute atomic E-state index is 13.1. The molecule has 2 heterocycles. The molecule has 1 aliphatic rings. The standard InChI is InChI=1S/C21H34N2O4/c1-4-5-10-20(24)22(13-17(2)3)16-21(25)23(14-18-8-6-11-26-18)15-19-9-7-12-27-19/h6,8,11,17,19H,4-5,7,9-10,12-16H2,1-3H3/t19-/m0/s1. The third kappa shape index (κ3) is 7.37. The lowest BCUT2D eigenvalue weighted by Gasteiger charge is -2.29. The summed E-state index contributed by atoms with van der Waals surface area (Å²) in [5.74, 6) is 1.08. The van der Waals surface area contributed by atoms with Crippen molar-refractivity contribution in [1.29, 1.82) is 0 Å². The molecule has 0 radical (unpaired) electrons. The Morgan fingerprint density at radius 3 is 2.67 bits per heavy atom. The molecule has 1 aromatic heterocycles. The van der Waals surface area contributed by atoms with Gasteiger partial charge >= 0.3 is 0 Å². The van der Waals surface area contributed by atoms with Crippen molar-refractivity contribution in [3.8, 4) is 0 Å². The van der Waals surface area contributed by atoms with Crippen LogP contribution in [0, 0.1) is 5.92 Å². The number of unbranched alkanes of at least 4 members (excludes halogenated alkanes) is 1. The van der Waals surface area contributed by atoms with Crippen molar-refractivity contribution in [2.24, 2.45) is 5.92 Å². The topological polar surface area (TPSA) is 63.0 Å². The molecule has 2 rings (SSSR count). The largest absolute Gasteiger partial charge is 0.467 e. The second-order valence-electron chi connectivity index (χ2n) is 7.76. The molecule has 1 atom stereocenters. The minimum atomic E-state index is -0.0487. The first-order chi connectivity index (χ1) is 13.0. The summed E-state index contributed by atoms with van der Waals surface area (Å²) in [6.07, 6.45) is 6.00. The number of amides is 2. The van der Waals surface area contributed by atoms with E-state index in [1.807, 2.05) is 12.1 Å². The van der Waals surface area contributed by atoms with Crippen LogP contribution in [0.2, 0.25) is 0 Å². The van der Waals surface area contributed by atoms with Crippen molar-refractivity contribution < 1.29 is 18.7 Å². The number of hydrogen-bond acceptors (Lipinski definition) is 4. The lowest BCUT2D eigenvalue weighted by atomic mass is 10.1. The second kappa shape index (κ2) is 11.1. The van der Waals surface area contributed by atoms with E-state index in [-0.39, 0.29) is 24.5 Å². The molecule has 0 bridgehead atoms. The average molecular weight is 379 g/mol. The summed E-state index contributed by atoms with van der Waals surface area (Å²) in [5.41, 5.74) is 0. The van der Waals surface area contributed by atoms with E-state index < -0.39 is 0 Å². The molecule has 1 aliphatic heterocycles. The number of carbonyl (C=O) groups is 2. The summed E-state index contributed by atoms with van der Waals surface area (Å²) in [6, 6.07) is 3.69. The Balaban J connectivity index is 2.04. The van der Waals surface area contributed by atoms with Crippen molar-refractivity contribution in [3.05, 3.63) is 24.2 Å². The van der Waals surface area contributed by atoms with Crippen LogP contribution in [-0.4, -0.2) is 54.0 Å². The minimum absolute atomic E-state index is 0.0487. The maximum atomic E-state index is 13.1. The third-order valence-electron chi connectivity index (χ3n) is 4.74. The SMILES string of the molecule is CCCCC(=O)N(CC(=O)N(Cc1ccco1)C[C@@H]1CCCO1)CC(C)C. The molecule has 1 saturated heterocycles. The molecular weight excluding hydrogens is 344 g/mol. The van der Waals surface area contributed by atoms with E-state index in [1.54, 1.807) is 16.1 Å². The smallest absolute Gasteiger partial charge is 0.242 e. The second-order valence-corrected chi connectivity index (χ2v) is 7.76. The molecule has 6 heteroatoms. The van der Waals surface area contributed by atoms with Gasteiger partial charge in [-0.3, -0.25) is 9.59 Å². The van der Waals surface area contributed by atoms with Gasteiger partial charge in [0, 0.05) is 26.1 Å². The fourth-order valence-electron chi connectivity index (χ4n) is 3.32. The first-order valence-electron chi connectivity index (χ1n) is 10.2. The van der Waals surface area contributed by atoms with Crippen LogP contribution in [0.5, 0.6) is 0 Å². The average Bonchev–Trinajstić information content (AvgIpc) is 3.32. The number of rotatable bonds is 11. The summed E-state index contributed by atoms with van der Waals surface area (Å²) >= 11 is 0. The number of carbonyl (C=O) groups excluding carboxylic acids is 2. The van der Waals surface area contributed by atoms with Crippen LogP contribution in [0.4, 0.5) is 0 Å². The van der Waals surface area contributed by atoms with E-state index in [0.29, 0.717) is 32.0 Å². The summed E-state index contributed by atoms with van der Waals surface area (Å²) in [6.45, 7) is 8.62. The zero-order chi connectivity index (χ0) is 19.6. The predicted molar refractivity (Wildman–Crippen MR) is 104 cm³/mol. The Morgan fingerprint density at radius 1 is 1.26 bits per heavy atom. The molecule has 6 nitrogen and oxygen atoms in total. The van der Waals surface area contributed by atoms with Crippen LogP contribution in [0.3, 0.4) is 0 Å². The Labute approximate surface area is 162 Å². The summed E-state index contributed by atoms with van der Waals surface area (Å²) in [7, 11) is 0. The molecule has 0 N–H and O–H groups in total. The Kier molecular flexibility index (Phi) is 8.85. The number of ether oxygens (including phenoxy) is 1. The van der Waals surface area contributed by atoms with Gasteiger partial charge in [0.25, 0.3) is 0 Å². The normalized spacial score (nSPS) is 16.7. The summed E-state index contributed by atoms with van der Waals surface area (Å²) in [4.78, 5) is 29.1. The highest BCUT2D eigenvalue weighted by Gasteiger charge is 2.26. The molecule has 27 heavy (non-hydrogen) atoms. The van der Waals surface area contributed by atoms with Crippen LogP contribution in [0.1, 0.15) is 58.6 Å². The van der Waals surface area contributed by atoms with E-state index in [0.717, 1.165) is 38.1 Å². The Bertz CT molecular complexity index is 565. The van der Waals surface area contributed by atoms with Gasteiger partial charge in [0.2, 0.25) is 11.8 Å². The Morgan fingerprint density at radius 2 is 2.07 bits per heavy atom. The van der Waals surface area contributed by atoms with Gasteiger partial charge in [-0.05, 0) is 37.3 Å². The minimum Gasteiger partial charge on any atom is -0.467 e. The molecule has 0 saturated carbocycles. The van der Waals surface area contributed by atoms with Gasteiger partial charge in [0.15, 0.2) is 0 Å². The zero-order valence-corrected chi connectivity index (χ0v) is 17.0. The van der Waals surface area contributed by atoms with Crippen LogP contribution >= 0.6 is 0 Å². The van der Waals surface area contributed by atoms with Crippen molar-refractivity contribution in [2.75, 3.05) is 26.2 Å². The summed E-state index contributed by atoms with van der Waals surface area (Å²) in [5, 5.41) is 0. The van der Waals surface area contributed by atoms with Crippen LogP contribution < -0.4 is 0 Å². The molecule has 152 valence electrons. The number of hydrogen-bond donors (Lipinski definition) is 0. The van der Waals surface area contributed by atoms with Gasteiger partial charge < -0.3 is 19.0 Å². The van der Waals surface area contributed by atoms with Gasteiger partial charge in [-0.2, -0.15) is 0 Å². The molecule has 1 fully saturated rings. The fraction of sp³-hybridized carbons (Fsp3) is 0.714. The first kappa shape index (κ1) is 21.5. The third-order valence-corrected chi connectivity index (χ3v) is 4.74. The zero-order valence-electron chi connectivity index (χ0n) is 17.0. The highest BCUT2D eigenvalue weighted by atomic mass is 16.5. The first-order valence-corrected chi connectivity index (χ1v) is 10.2. The van der Waals surface area contributed by atoms with E-state index in [2.05, 4.69) is 20.8 Å². The van der Waals surface area contributed by atoms with Gasteiger partial charge in [-0.25, -0.2) is 0 Å². The summed E-state index contributed by atoms with van der Waals surface area (Å²) < 4.78 is 11.2. The molecule has 0 aromatic carbocycles. The van der Waals surface area contributed by atoms with Crippen molar-refractivity contribution in [2.45, 2.75) is 65.5 Å². The molecule has 0 aliphatic carbocycles. The highest BCUT2D eigenvalue weighted by molar-refractivity contribution is 5.84. The Hall–Kier alpha value is -1.82. The van der Waals surface area contributed by atoms with Crippen LogP contribution in [0.25, 0.3) is 0 Å². The lowest BCUT2D eigenvalue weighted by Crippen LogP contribution is -2.46. The van der Waals surface area contributed by atoms with E-state index in [9.17, 15) is 9.59 Å². The molecule has 0 unspecified atom stereocenters. The van der Waals surface area contributed by atoms with E-state index in [4.69, 9.17) is 9.15 Å². The van der Waals surface area contributed by atoms with Crippen molar-refractivity contribution in [3.63, 3.8) is 0 Å². The van der Waals surface area contributed by atoms with Gasteiger partial charge in [-0.15, -0.1) is 0 Å². The molecule has 2 amide bonds. The van der Waals surface area contributed by atoms with Gasteiger partial charge in [0.1, 0.15) is 5.76 Å². The predicted octanol–water partition coefficient (Wildman–Crippen LogP) is 3.46. The van der Waals surface area contributed by atoms with Gasteiger partial charge in [0.05, 0.1) is 25.5 Å². The van der Waals surface area contributed by atoms with Gasteiger partial charge in [-0.1, -0.05) is 27.2 Å². The maximum Gasteiger partial charge on any atom is 0.242 e. The molecule has 0 spiro atoms. The quantitative estimate of drug-likeness (QED) is 0.591. The number of furan rings is 1. The van der Waals surface area contributed by atoms with Crippen LogP contribution in [-0.2, 0) is 20.9 Å². The molecule has 1 aromatic rings.